The lowest BCUT2D eigenvalue weighted by Crippen LogP contribution is -1.93. The fraction of sp³-hybridized carbons (Fsp3) is 0.0435. The van der Waals surface area contributed by atoms with Gasteiger partial charge in [0.1, 0.15) is 18.6 Å². The molecule has 0 aliphatic carbocycles. The van der Waals surface area contributed by atoms with Gasteiger partial charge < -0.3 is 9.25 Å². The first-order chi connectivity index (χ1) is 14.3. The van der Waals surface area contributed by atoms with Crippen molar-refractivity contribution >= 4 is 34.4 Å². The zero-order chi connectivity index (χ0) is 19.6. The van der Waals surface area contributed by atoms with E-state index in [2.05, 4.69) is 40.5 Å². The number of oxime groups is 1. The molecule has 0 unspecified atom stereocenters. The van der Waals surface area contributed by atoms with Gasteiger partial charge in [0.2, 0.25) is 0 Å². The Kier molecular flexibility index (Phi) is 4.50. The standard InChI is InChI=1S/C23H16ClN3O2/c24-20-9-5-16(6-10-20)15-29-25-14-21-22(26-23-27(21)11-12-28-23)19-8-7-17-3-1-2-4-18(17)13-19/h1-14H,15H2. The molecule has 6 heteroatoms. The molecular weight excluding hydrogens is 386 g/mol. The molecule has 0 bridgehead atoms. The van der Waals surface area contributed by atoms with Crippen LogP contribution in [0.4, 0.5) is 0 Å². The molecule has 0 saturated carbocycles. The molecule has 29 heavy (non-hydrogen) atoms. The lowest BCUT2D eigenvalue weighted by Gasteiger charge is -2.03. The van der Waals surface area contributed by atoms with E-state index >= 15 is 0 Å². The number of hydrogen-bond acceptors (Lipinski definition) is 4. The number of rotatable bonds is 5. The van der Waals surface area contributed by atoms with E-state index in [-0.39, 0.29) is 0 Å². The molecule has 0 N–H and O–H groups in total. The Hall–Kier alpha value is -3.57. The van der Waals surface area contributed by atoms with E-state index in [1.807, 2.05) is 47.0 Å². The molecule has 2 aromatic heterocycles. The van der Waals surface area contributed by atoms with E-state index in [0.29, 0.717) is 17.5 Å². The number of benzene rings is 3. The molecule has 0 radical (unpaired) electrons. The molecule has 0 aliphatic heterocycles. The maximum Gasteiger partial charge on any atom is 0.306 e. The summed E-state index contributed by atoms with van der Waals surface area (Å²) in [7, 11) is 0. The third-order valence-electron chi connectivity index (χ3n) is 4.72. The Balaban J connectivity index is 1.46. The second kappa shape index (κ2) is 7.45. The maximum atomic E-state index is 5.91. The molecule has 0 aliphatic rings. The molecule has 3 aromatic carbocycles. The second-order valence-corrected chi connectivity index (χ2v) is 7.03. The number of hydrogen-bond donors (Lipinski definition) is 0. The summed E-state index contributed by atoms with van der Waals surface area (Å²) < 4.78 is 7.32. The number of nitrogens with zero attached hydrogens (tertiary/aromatic N) is 3. The van der Waals surface area contributed by atoms with Crippen LogP contribution in [0.25, 0.3) is 27.9 Å². The molecular formula is C23H16ClN3O2. The molecule has 2 heterocycles. The lowest BCUT2D eigenvalue weighted by atomic mass is 10.0. The summed E-state index contributed by atoms with van der Waals surface area (Å²) in [5.41, 5.74) is 3.55. The minimum atomic E-state index is 0.353. The first-order valence-electron chi connectivity index (χ1n) is 9.12. The van der Waals surface area contributed by atoms with Crippen molar-refractivity contribution in [3.8, 4) is 11.3 Å². The summed E-state index contributed by atoms with van der Waals surface area (Å²) in [6.07, 6.45) is 5.07. The minimum absolute atomic E-state index is 0.353. The van der Waals surface area contributed by atoms with Crippen molar-refractivity contribution in [3.05, 3.63) is 95.5 Å². The van der Waals surface area contributed by atoms with Gasteiger partial charge in [-0.1, -0.05) is 65.3 Å². The highest BCUT2D eigenvalue weighted by molar-refractivity contribution is 6.30. The highest BCUT2D eigenvalue weighted by Crippen LogP contribution is 2.27. The van der Waals surface area contributed by atoms with E-state index < -0.39 is 0 Å². The van der Waals surface area contributed by atoms with Gasteiger partial charge in [0, 0.05) is 16.8 Å². The van der Waals surface area contributed by atoms with E-state index in [9.17, 15) is 0 Å². The largest absolute Gasteiger partial charge is 0.432 e. The third-order valence-corrected chi connectivity index (χ3v) is 4.97. The van der Waals surface area contributed by atoms with Crippen molar-refractivity contribution in [2.45, 2.75) is 6.61 Å². The fourth-order valence-corrected chi connectivity index (χ4v) is 3.38. The van der Waals surface area contributed by atoms with Gasteiger partial charge in [-0.2, -0.15) is 4.98 Å². The van der Waals surface area contributed by atoms with Gasteiger partial charge in [0.25, 0.3) is 0 Å². The molecule has 5 nitrogen and oxygen atoms in total. The maximum absolute atomic E-state index is 5.91. The van der Waals surface area contributed by atoms with Crippen molar-refractivity contribution in [3.63, 3.8) is 0 Å². The number of halogens is 1. The van der Waals surface area contributed by atoms with Crippen LogP contribution in [0.3, 0.4) is 0 Å². The molecule has 0 amide bonds. The summed E-state index contributed by atoms with van der Waals surface area (Å²) in [6.45, 7) is 0.353. The smallest absolute Gasteiger partial charge is 0.306 e. The lowest BCUT2D eigenvalue weighted by molar-refractivity contribution is 0.132. The van der Waals surface area contributed by atoms with Crippen LogP contribution < -0.4 is 0 Å². The Labute approximate surface area is 171 Å². The van der Waals surface area contributed by atoms with E-state index in [4.69, 9.17) is 20.9 Å². The molecule has 0 spiro atoms. The zero-order valence-electron chi connectivity index (χ0n) is 15.3. The van der Waals surface area contributed by atoms with Crippen LogP contribution in [0.1, 0.15) is 11.3 Å². The van der Waals surface area contributed by atoms with Gasteiger partial charge in [0.15, 0.2) is 0 Å². The van der Waals surface area contributed by atoms with E-state index in [1.54, 1.807) is 12.5 Å². The summed E-state index contributed by atoms with van der Waals surface area (Å²) >= 11 is 5.91. The van der Waals surface area contributed by atoms with E-state index in [1.165, 1.54) is 5.39 Å². The number of oxazole rings is 1. The van der Waals surface area contributed by atoms with Crippen LogP contribution in [-0.4, -0.2) is 15.6 Å². The van der Waals surface area contributed by atoms with Crippen LogP contribution in [0.2, 0.25) is 5.02 Å². The predicted octanol–water partition coefficient (Wildman–Crippen LogP) is 5.95. The molecule has 142 valence electrons. The van der Waals surface area contributed by atoms with Gasteiger partial charge in [-0.15, -0.1) is 0 Å². The third kappa shape index (κ3) is 3.48. The molecule has 0 saturated heterocycles. The SMILES string of the molecule is Clc1ccc(CON=Cc2c(-c3ccc4ccccc4c3)nc3occn23)cc1. The van der Waals surface area contributed by atoms with Gasteiger partial charge >= 0.3 is 5.84 Å². The Morgan fingerprint density at radius 1 is 1.03 bits per heavy atom. The minimum Gasteiger partial charge on any atom is -0.432 e. The van der Waals surface area contributed by atoms with Crippen molar-refractivity contribution in [1.82, 2.24) is 9.38 Å². The number of fused-ring (bicyclic) bond motifs is 2. The van der Waals surface area contributed by atoms with E-state index in [0.717, 1.165) is 27.9 Å². The van der Waals surface area contributed by atoms with Crippen molar-refractivity contribution < 1.29 is 9.25 Å². The normalized spacial score (nSPS) is 11.6. The highest BCUT2D eigenvalue weighted by Gasteiger charge is 2.15. The van der Waals surface area contributed by atoms with Gasteiger partial charge in [-0.25, -0.2) is 0 Å². The Morgan fingerprint density at radius 3 is 2.72 bits per heavy atom. The first-order valence-corrected chi connectivity index (χ1v) is 9.50. The summed E-state index contributed by atoms with van der Waals surface area (Å²) in [5.74, 6) is 0.507. The topological polar surface area (TPSA) is 52.0 Å². The quantitative estimate of drug-likeness (QED) is 0.270. The zero-order valence-corrected chi connectivity index (χ0v) is 16.1. The summed E-state index contributed by atoms with van der Waals surface area (Å²) in [6, 6.07) is 22.0. The fourth-order valence-electron chi connectivity index (χ4n) is 3.26. The predicted molar refractivity (Wildman–Crippen MR) is 114 cm³/mol. The molecule has 0 atom stereocenters. The second-order valence-electron chi connectivity index (χ2n) is 6.60. The highest BCUT2D eigenvalue weighted by atomic mass is 35.5. The van der Waals surface area contributed by atoms with Crippen molar-refractivity contribution in [2.24, 2.45) is 5.16 Å². The van der Waals surface area contributed by atoms with Crippen molar-refractivity contribution in [1.29, 1.82) is 0 Å². The molecule has 0 fully saturated rings. The first kappa shape index (κ1) is 17.5. The van der Waals surface area contributed by atoms with Gasteiger partial charge in [0.05, 0.1) is 11.9 Å². The monoisotopic (exact) mass is 401 g/mol. The van der Waals surface area contributed by atoms with Crippen LogP contribution >= 0.6 is 11.6 Å². The molecule has 5 rings (SSSR count). The summed E-state index contributed by atoms with van der Waals surface area (Å²) in [5, 5.41) is 7.17. The van der Waals surface area contributed by atoms with Crippen LogP contribution in [-0.2, 0) is 11.4 Å². The Bertz CT molecular complexity index is 1320. The average Bonchev–Trinajstić information content (AvgIpc) is 3.34. The summed E-state index contributed by atoms with van der Waals surface area (Å²) in [4.78, 5) is 10.1. The molecule has 5 aromatic rings. The van der Waals surface area contributed by atoms with Crippen LogP contribution in [0.5, 0.6) is 0 Å². The Morgan fingerprint density at radius 2 is 1.86 bits per heavy atom. The van der Waals surface area contributed by atoms with Crippen LogP contribution in [0, 0.1) is 0 Å². The van der Waals surface area contributed by atoms with Crippen LogP contribution in [0.15, 0.2) is 88.8 Å². The van der Waals surface area contributed by atoms with Gasteiger partial charge in [-0.3, -0.25) is 4.40 Å². The number of imidazole rings is 1. The average molecular weight is 402 g/mol. The van der Waals surface area contributed by atoms with Gasteiger partial charge in [-0.05, 0) is 34.5 Å². The number of aromatic nitrogens is 2. The van der Waals surface area contributed by atoms with Crippen molar-refractivity contribution in [2.75, 3.05) is 0 Å².